The van der Waals surface area contributed by atoms with Gasteiger partial charge in [-0.1, -0.05) is 26.0 Å². The minimum atomic E-state index is -1.47. The maximum absolute atomic E-state index is 13.4. The van der Waals surface area contributed by atoms with Crippen LogP contribution in [0.25, 0.3) is 0 Å². The second-order valence-corrected chi connectivity index (χ2v) is 9.85. The van der Waals surface area contributed by atoms with Crippen LogP contribution in [0.15, 0.2) is 24.3 Å². The number of carbonyl (C=O) groups excluding carboxylic acids is 3. The van der Waals surface area contributed by atoms with Crippen molar-refractivity contribution in [2.24, 2.45) is 17.4 Å². The minimum absolute atomic E-state index is 0.0234. The fourth-order valence-electron chi connectivity index (χ4n) is 3.80. The molecule has 3 amide bonds. The van der Waals surface area contributed by atoms with E-state index >= 15 is 0 Å². The molecule has 10 N–H and O–H groups in total. The fraction of sp³-hybridized carbons (Fsp3) is 0.577. The van der Waals surface area contributed by atoms with E-state index in [1.807, 2.05) is 13.8 Å². The number of benzene rings is 1. The normalized spacial score (nSPS) is 14.1. The first-order chi connectivity index (χ1) is 18.3. The number of nitrogens with one attached hydrogen (secondary N) is 3. The number of carboxylic acid groups (broad SMARTS) is 2. The standard InChI is InChI=1S/C26H41N5O8/c1-15(2)13-18(28)23(35)31-21(14-16-6-8-17(32)9-7-16)25(37)29-19(5-3-4-12-27)24(36)30-20(26(38)39)10-11-22(33)34/h6-9,15,18-21,32H,3-5,10-14,27-28H2,1-2H3,(H,29,37)(H,30,36)(H,31,35)(H,33,34)(H,38,39)/t18-,19-,20-,21-/m0/s1. The number of rotatable bonds is 18. The highest BCUT2D eigenvalue weighted by molar-refractivity contribution is 5.94. The molecule has 0 saturated heterocycles. The van der Waals surface area contributed by atoms with Crippen LogP contribution < -0.4 is 27.4 Å². The Balaban J connectivity index is 3.13. The molecule has 0 saturated carbocycles. The van der Waals surface area contributed by atoms with Crippen molar-refractivity contribution in [2.45, 2.75) is 83.0 Å². The highest BCUT2D eigenvalue weighted by Crippen LogP contribution is 2.13. The van der Waals surface area contributed by atoms with Gasteiger partial charge in [0, 0.05) is 12.8 Å². The summed E-state index contributed by atoms with van der Waals surface area (Å²) in [7, 11) is 0. The SMILES string of the molecule is CC(C)C[C@H](N)C(=O)N[C@@H](Cc1ccc(O)cc1)C(=O)N[C@@H](CCCCN)C(=O)N[C@@H](CCC(=O)O)C(=O)O. The van der Waals surface area contributed by atoms with Gasteiger partial charge in [-0.05, 0) is 62.3 Å². The van der Waals surface area contributed by atoms with Gasteiger partial charge in [0.1, 0.15) is 23.9 Å². The van der Waals surface area contributed by atoms with Crippen molar-refractivity contribution in [3.63, 3.8) is 0 Å². The number of phenols is 1. The molecule has 218 valence electrons. The third-order valence-electron chi connectivity index (χ3n) is 5.91. The van der Waals surface area contributed by atoms with E-state index in [2.05, 4.69) is 16.0 Å². The number of hydrogen-bond acceptors (Lipinski definition) is 8. The Morgan fingerprint density at radius 1 is 0.821 bits per heavy atom. The van der Waals surface area contributed by atoms with Gasteiger partial charge in [-0.15, -0.1) is 0 Å². The highest BCUT2D eigenvalue weighted by atomic mass is 16.4. The molecule has 0 heterocycles. The predicted molar refractivity (Wildman–Crippen MR) is 142 cm³/mol. The number of amides is 3. The average molecular weight is 552 g/mol. The molecule has 39 heavy (non-hydrogen) atoms. The highest BCUT2D eigenvalue weighted by Gasteiger charge is 2.30. The first kappa shape index (κ1) is 33.3. The van der Waals surface area contributed by atoms with E-state index in [1.165, 1.54) is 12.1 Å². The molecule has 0 radical (unpaired) electrons. The number of unbranched alkanes of at least 4 members (excludes halogenated alkanes) is 1. The first-order valence-corrected chi connectivity index (χ1v) is 12.9. The molecule has 0 aliphatic carbocycles. The summed E-state index contributed by atoms with van der Waals surface area (Å²) < 4.78 is 0. The summed E-state index contributed by atoms with van der Waals surface area (Å²) in [6.45, 7) is 4.14. The largest absolute Gasteiger partial charge is 0.508 e. The number of aliphatic carboxylic acids is 2. The minimum Gasteiger partial charge on any atom is -0.508 e. The molecule has 13 heteroatoms. The maximum Gasteiger partial charge on any atom is 0.326 e. The summed E-state index contributed by atoms with van der Waals surface area (Å²) in [4.78, 5) is 61.5. The quantitative estimate of drug-likeness (QED) is 0.112. The van der Waals surface area contributed by atoms with Crippen molar-refractivity contribution in [2.75, 3.05) is 6.54 Å². The Bertz CT molecular complexity index is 970. The van der Waals surface area contributed by atoms with E-state index in [0.29, 0.717) is 31.4 Å². The summed E-state index contributed by atoms with van der Waals surface area (Å²) in [5, 5.41) is 35.4. The molecule has 0 aliphatic rings. The maximum atomic E-state index is 13.4. The van der Waals surface area contributed by atoms with E-state index < -0.39 is 60.2 Å². The zero-order valence-electron chi connectivity index (χ0n) is 22.4. The Labute approximate surface area is 227 Å². The smallest absolute Gasteiger partial charge is 0.326 e. The summed E-state index contributed by atoms with van der Waals surface area (Å²) in [6, 6.07) is 1.40. The molecule has 0 unspecified atom stereocenters. The topological polar surface area (TPSA) is 234 Å². The van der Waals surface area contributed by atoms with Gasteiger partial charge in [-0.25, -0.2) is 4.79 Å². The number of hydrogen-bond donors (Lipinski definition) is 8. The van der Waals surface area contributed by atoms with Gasteiger partial charge >= 0.3 is 11.9 Å². The molecular weight excluding hydrogens is 510 g/mol. The van der Waals surface area contributed by atoms with Crippen molar-refractivity contribution in [1.82, 2.24) is 16.0 Å². The van der Waals surface area contributed by atoms with Gasteiger partial charge in [0.15, 0.2) is 0 Å². The van der Waals surface area contributed by atoms with Crippen molar-refractivity contribution in [1.29, 1.82) is 0 Å². The molecule has 13 nitrogen and oxygen atoms in total. The first-order valence-electron chi connectivity index (χ1n) is 12.9. The van der Waals surface area contributed by atoms with E-state index in [-0.39, 0.29) is 30.9 Å². The van der Waals surface area contributed by atoms with Crippen LogP contribution in [0.2, 0.25) is 0 Å². The molecule has 4 atom stereocenters. The number of nitrogens with two attached hydrogens (primary N) is 2. The van der Waals surface area contributed by atoms with Crippen molar-refractivity contribution in [3.05, 3.63) is 29.8 Å². The van der Waals surface area contributed by atoms with E-state index in [0.717, 1.165) is 0 Å². The molecule has 0 aromatic heterocycles. The molecule has 0 aliphatic heterocycles. The van der Waals surface area contributed by atoms with Crippen LogP contribution in [0.5, 0.6) is 5.75 Å². The summed E-state index contributed by atoms with van der Waals surface area (Å²) >= 11 is 0. The van der Waals surface area contributed by atoms with Crippen LogP contribution in [-0.4, -0.2) is 75.7 Å². The van der Waals surface area contributed by atoms with E-state index in [9.17, 15) is 34.2 Å². The van der Waals surface area contributed by atoms with Crippen molar-refractivity contribution < 1.29 is 39.3 Å². The van der Waals surface area contributed by atoms with E-state index in [4.69, 9.17) is 16.6 Å². The molecule has 0 bridgehead atoms. The second-order valence-electron chi connectivity index (χ2n) is 9.85. The zero-order chi connectivity index (χ0) is 29.5. The number of carboxylic acids is 2. The van der Waals surface area contributed by atoms with Gasteiger partial charge in [0.2, 0.25) is 17.7 Å². The summed E-state index contributed by atoms with van der Waals surface area (Å²) in [5.41, 5.74) is 12.2. The lowest BCUT2D eigenvalue weighted by Crippen LogP contribution is -2.57. The molecular formula is C26H41N5O8. The van der Waals surface area contributed by atoms with Gasteiger partial charge < -0.3 is 42.7 Å². The lowest BCUT2D eigenvalue weighted by molar-refractivity contribution is -0.143. The lowest BCUT2D eigenvalue weighted by Gasteiger charge is -2.25. The monoisotopic (exact) mass is 551 g/mol. The third kappa shape index (κ3) is 13.1. The summed E-state index contributed by atoms with van der Waals surface area (Å²) in [6.07, 6.45) is 0.712. The van der Waals surface area contributed by atoms with Gasteiger partial charge in [0.25, 0.3) is 0 Å². The molecule has 1 aromatic rings. The van der Waals surface area contributed by atoms with Gasteiger partial charge in [0.05, 0.1) is 6.04 Å². The Hall–Kier alpha value is -3.71. The van der Waals surface area contributed by atoms with Crippen LogP contribution in [0.1, 0.15) is 57.9 Å². The van der Waals surface area contributed by atoms with E-state index in [1.54, 1.807) is 12.1 Å². The Morgan fingerprint density at radius 2 is 1.38 bits per heavy atom. The van der Waals surface area contributed by atoms with Crippen molar-refractivity contribution >= 4 is 29.7 Å². The van der Waals surface area contributed by atoms with Crippen LogP contribution in [0.4, 0.5) is 0 Å². The average Bonchev–Trinajstić information content (AvgIpc) is 2.85. The van der Waals surface area contributed by atoms with Gasteiger partial charge in [-0.2, -0.15) is 0 Å². The fourth-order valence-corrected chi connectivity index (χ4v) is 3.80. The van der Waals surface area contributed by atoms with Crippen LogP contribution >= 0.6 is 0 Å². The predicted octanol–water partition coefficient (Wildman–Crippen LogP) is -0.159. The molecule has 0 spiro atoms. The lowest BCUT2D eigenvalue weighted by atomic mass is 10.0. The van der Waals surface area contributed by atoms with Gasteiger partial charge in [-0.3, -0.25) is 19.2 Å². The zero-order valence-corrected chi connectivity index (χ0v) is 22.4. The number of aromatic hydroxyl groups is 1. The Kier molecular flexibility index (Phi) is 14.5. The second kappa shape index (κ2) is 17.0. The molecule has 1 aromatic carbocycles. The van der Waals surface area contributed by atoms with Crippen LogP contribution in [-0.2, 0) is 30.4 Å². The molecule has 1 rings (SSSR count). The summed E-state index contributed by atoms with van der Waals surface area (Å²) in [5.74, 6) is -4.52. The third-order valence-corrected chi connectivity index (χ3v) is 5.91. The van der Waals surface area contributed by atoms with Crippen molar-refractivity contribution in [3.8, 4) is 5.75 Å². The van der Waals surface area contributed by atoms with Crippen LogP contribution in [0, 0.1) is 5.92 Å². The number of carbonyl (C=O) groups is 5. The Morgan fingerprint density at radius 3 is 1.92 bits per heavy atom. The van der Waals surface area contributed by atoms with Crippen LogP contribution in [0.3, 0.4) is 0 Å². The number of phenolic OH excluding ortho intramolecular Hbond substituents is 1. The molecule has 0 fully saturated rings.